The maximum atomic E-state index is 11.1. The lowest BCUT2D eigenvalue weighted by Gasteiger charge is -2.40. The van der Waals surface area contributed by atoms with Crippen molar-refractivity contribution < 1.29 is 9.90 Å². The van der Waals surface area contributed by atoms with E-state index in [-0.39, 0.29) is 0 Å². The Morgan fingerprint density at radius 2 is 1.50 bits per heavy atom. The summed E-state index contributed by atoms with van der Waals surface area (Å²) in [5.41, 5.74) is 4.45. The third kappa shape index (κ3) is 1.54. The molecule has 2 aliphatic carbocycles. The van der Waals surface area contributed by atoms with Gasteiger partial charge in [-0.05, 0) is 43.9 Å². The van der Waals surface area contributed by atoms with Gasteiger partial charge < -0.3 is 10.8 Å². The van der Waals surface area contributed by atoms with Gasteiger partial charge in [0.25, 0.3) is 0 Å². The number of hydrogen-bond acceptors (Lipinski definition) is 2. The fraction of sp³-hybridized carbons (Fsp3) is 0.909. The highest BCUT2D eigenvalue weighted by Gasteiger charge is 2.45. The van der Waals surface area contributed by atoms with E-state index in [1.165, 1.54) is 25.7 Å². The molecule has 80 valence electrons. The number of nitrogens with two attached hydrogens (primary N) is 1. The lowest BCUT2D eigenvalue weighted by molar-refractivity contribution is -0.142. The van der Waals surface area contributed by atoms with Crippen LogP contribution >= 0.6 is 0 Å². The molecule has 1 amide bonds. The normalized spacial score (nSPS) is 29.2. The quantitative estimate of drug-likeness (QED) is 0.666. The summed E-state index contributed by atoms with van der Waals surface area (Å²) in [4.78, 5) is 11.1. The van der Waals surface area contributed by atoms with E-state index < -0.39 is 11.5 Å². The van der Waals surface area contributed by atoms with E-state index in [0.717, 1.165) is 12.8 Å². The zero-order valence-electron chi connectivity index (χ0n) is 8.59. The first-order chi connectivity index (χ1) is 6.56. The van der Waals surface area contributed by atoms with E-state index in [2.05, 4.69) is 0 Å². The molecule has 2 saturated carbocycles. The number of aliphatic hydroxyl groups is 1. The zero-order chi connectivity index (χ0) is 10.2. The van der Waals surface area contributed by atoms with Gasteiger partial charge in [0, 0.05) is 0 Å². The largest absolute Gasteiger partial charge is 0.380 e. The van der Waals surface area contributed by atoms with E-state index in [4.69, 9.17) is 5.73 Å². The second-order valence-electron chi connectivity index (χ2n) is 5.10. The highest BCUT2D eigenvalue weighted by Crippen LogP contribution is 2.51. The summed E-state index contributed by atoms with van der Waals surface area (Å²) in [6.07, 6.45) is 8.29. The van der Waals surface area contributed by atoms with E-state index >= 15 is 0 Å². The van der Waals surface area contributed by atoms with Crippen LogP contribution in [0.25, 0.3) is 0 Å². The van der Waals surface area contributed by atoms with Crippen molar-refractivity contribution in [2.75, 3.05) is 0 Å². The summed E-state index contributed by atoms with van der Waals surface area (Å²) in [7, 11) is 0. The standard InChI is InChI=1S/C11H19NO2/c12-9(13)11(14)7-5-10(6-8-11)3-1-2-4-10/h14H,1-8H2,(H2,12,13). The van der Waals surface area contributed by atoms with Gasteiger partial charge in [0.05, 0.1) is 0 Å². The van der Waals surface area contributed by atoms with Crippen LogP contribution in [0.1, 0.15) is 51.4 Å². The highest BCUT2D eigenvalue weighted by molar-refractivity contribution is 5.83. The molecular formula is C11H19NO2. The van der Waals surface area contributed by atoms with Crippen molar-refractivity contribution in [1.29, 1.82) is 0 Å². The Hall–Kier alpha value is -0.570. The molecule has 2 fully saturated rings. The summed E-state index contributed by atoms with van der Waals surface area (Å²) < 4.78 is 0. The first-order valence-corrected chi connectivity index (χ1v) is 5.59. The van der Waals surface area contributed by atoms with Crippen molar-refractivity contribution in [2.24, 2.45) is 11.1 Å². The van der Waals surface area contributed by atoms with Crippen LogP contribution in [0.5, 0.6) is 0 Å². The van der Waals surface area contributed by atoms with Crippen molar-refractivity contribution >= 4 is 5.91 Å². The van der Waals surface area contributed by atoms with Crippen molar-refractivity contribution in [3.63, 3.8) is 0 Å². The first kappa shape index (κ1) is 9.97. The zero-order valence-corrected chi connectivity index (χ0v) is 8.59. The molecule has 3 nitrogen and oxygen atoms in total. The summed E-state index contributed by atoms with van der Waals surface area (Å²) in [6.45, 7) is 0. The van der Waals surface area contributed by atoms with E-state index in [9.17, 15) is 9.90 Å². The Balaban J connectivity index is 2.01. The summed E-state index contributed by atoms with van der Waals surface area (Å²) in [6, 6.07) is 0. The van der Waals surface area contributed by atoms with E-state index in [1.807, 2.05) is 0 Å². The first-order valence-electron chi connectivity index (χ1n) is 5.59. The highest BCUT2D eigenvalue weighted by atomic mass is 16.3. The van der Waals surface area contributed by atoms with Crippen LogP contribution in [-0.2, 0) is 4.79 Å². The van der Waals surface area contributed by atoms with Crippen LogP contribution in [0.2, 0.25) is 0 Å². The van der Waals surface area contributed by atoms with Gasteiger partial charge in [-0.3, -0.25) is 4.79 Å². The SMILES string of the molecule is NC(=O)C1(O)CCC2(CCCC2)CC1. The molecule has 0 aromatic carbocycles. The lowest BCUT2D eigenvalue weighted by Crippen LogP contribution is -2.48. The van der Waals surface area contributed by atoms with Crippen LogP contribution in [-0.4, -0.2) is 16.6 Å². The lowest BCUT2D eigenvalue weighted by atomic mass is 9.67. The van der Waals surface area contributed by atoms with Crippen LogP contribution < -0.4 is 5.73 Å². The minimum atomic E-state index is -1.20. The number of amides is 1. The summed E-state index contributed by atoms with van der Waals surface area (Å²) in [5.74, 6) is -0.537. The van der Waals surface area contributed by atoms with E-state index in [0.29, 0.717) is 18.3 Å². The molecule has 0 radical (unpaired) electrons. The third-order valence-corrected chi connectivity index (χ3v) is 4.26. The molecular weight excluding hydrogens is 178 g/mol. The van der Waals surface area contributed by atoms with Crippen LogP contribution in [0, 0.1) is 5.41 Å². The molecule has 1 spiro atoms. The topological polar surface area (TPSA) is 63.3 Å². The fourth-order valence-corrected chi connectivity index (χ4v) is 3.07. The summed E-state index contributed by atoms with van der Waals surface area (Å²) in [5, 5.41) is 9.92. The number of rotatable bonds is 1. The molecule has 0 aromatic rings. The van der Waals surface area contributed by atoms with Gasteiger partial charge >= 0.3 is 0 Å². The Morgan fingerprint density at radius 1 is 1.00 bits per heavy atom. The molecule has 14 heavy (non-hydrogen) atoms. The molecule has 0 bridgehead atoms. The summed E-state index contributed by atoms with van der Waals surface area (Å²) >= 11 is 0. The van der Waals surface area contributed by atoms with Crippen molar-refractivity contribution in [1.82, 2.24) is 0 Å². The number of hydrogen-bond donors (Lipinski definition) is 2. The fourth-order valence-electron chi connectivity index (χ4n) is 3.07. The predicted octanol–water partition coefficient (Wildman–Crippen LogP) is 1.34. The molecule has 0 unspecified atom stereocenters. The van der Waals surface area contributed by atoms with Crippen molar-refractivity contribution in [3.8, 4) is 0 Å². The maximum absolute atomic E-state index is 11.1. The average Bonchev–Trinajstić information content (AvgIpc) is 2.60. The second-order valence-corrected chi connectivity index (χ2v) is 5.10. The van der Waals surface area contributed by atoms with Gasteiger partial charge in [0.1, 0.15) is 5.60 Å². The molecule has 0 atom stereocenters. The smallest absolute Gasteiger partial charge is 0.249 e. The second kappa shape index (κ2) is 3.23. The Bertz CT molecular complexity index is 234. The van der Waals surface area contributed by atoms with Crippen molar-refractivity contribution in [3.05, 3.63) is 0 Å². The monoisotopic (exact) mass is 197 g/mol. The van der Waals surface area contributed by atoms with Crippen LogP contribution in [0.15, 0.2) is 0 Å². The van der Waals surface area contributed by atoms with Gasteiger partial charge in [-0.15, -0.1) is 0 Å². The van der Waals surface area contributed by atoms with Crippen LogP contribution in [0.4, 0.5) is 0 Å². The Kier molecular flexibility index (Phi) is 2.30. The molecule has 0 aliphatic heterocycles. The Morgan fingerprint density at radius 3 is 1.93 bits per heavy atom. The number of carbonyl (C=O) groups is 1. The van der Waals surface area contributed by atoms with Gasteiger partial charge in [0.2, 0.25) is 5.91 Å². The molecule has 0 saturated heterocycles. The van der Waals surface area contributed by atoms with Gasteiger partial charge in [-0.1, -0.05) is 12.8 Å². The van der Waals surface area contributed by atoms with Gasteiger partial charge in [-0.2, -0.15) is 0 Å². The number of carbonyl (C=O) groups excluding carboxylic acids is 1. The number of primary amides is 1. The average molecular weight is 197 g/mol. The molecule has 3 heteroatoms. The Labute approximate surface area is 84.7 Å². The van der Waals surface area contributed by atoms with Crippen LogP contribution in [0.3, 0.4) is 0 Å². The molecule has 2 aliphatic rings. The minimum Gasteiger partial charge on any atom is -0.380 e. The maximum Gasteiger partial charge on any atom is 0.249 e. The minimum absolute atomic E-state index is 0.446. The van der Waals surface area contributed by atoms with E-state index in [1.54, 1.807) is 0 Å². The third-order valence-electron chi connectivity index (χ3n) is 4.26. The molecule has 3 N–H and O–H groups in total. The molecule has 0 aromatic heterocycles. The van der Waals surface area contributed by atoms with Crippen molar-refractivity contribution in [2.45, 2.75) is 57.0 Å². The van der Waals surface area contributed by atoms with Gasteiger partial charge in [0.15, 0.2) is 0 Å². The predicted molar refractivity (Wildman–Crippen MR) is 53.5 cm³/mol. The molecule has 2 rings (SSSR count). The van der Waals surface area contributed by atoms with Gasteiger partial charge in [-0.25, -0.2) is 0 Å². The molecule has 0 heterocycles.